The normalized spacial score (nSPS) is 31.1. The number of aryl methyl sites for hydroxylation is 2. The van der Waals surface area contributed by atoms with Crippen LogP contribution in [0.5, 0.6) is 0 Å². The molecule has 1 aliphatic rings. The van der Waals surface area contributed by atoms with Gasteiger partial charge in [-0.25, -0.2) is 0 Å². The maximum Gasteiger partial charge on any atom is 0.0366 e. The Morgan fingerprint density at radius 2 is 1.44 bits per heavy atom. The number of anilines is 1. The second kappa shape index (κ2) is 4.56. The average molecular weight is 247 g/mol. The fraction of sp³-hybridized carbons (Fsp3) is 0.600. The first-order valence-electron chi connectivity index (χ1n) is 6.44. The molecule has 0 saturated heterocycles. The summed E-state index contributed by atoms with van der Waals surface area (Å²) in [5, 5.41) is 23.9. The highest BCUT2D eigenvalue weighted by Crippen LogP contribution is 2.42. The van der Waals surface area contributed by atoms with Gasteiger partial charge in [-0.3, -0.25) is 0 Å². The van der Waals surface area contributed by atoms with Gasteiger partial charge in [0.25, 0.3) is 0 Å². The van der Waals surface area contributed by atoms with E-state index < -0.39 is 12.2 Å². The molecule has 1 saturated carbocycles. The molecule has 0 aromatic heterocycles. The summed E-state index contributed by atoms with van der Waals surface area (Å²) in [4.78, 5) is 2.04. The molecule has 100 valence electrons. The van der Waals surface area contributed by atoms with Crippen molar-refractivity contribution in [1.29, 1.82) is 0 Å². The summed E-state index contributed by atoms with van der Waals surface area (Å²) in [6, 6.07) is 4.12. The van der Waals surface area contributed by atoms with Crippen LogP contribution >= 0.6 is 0 Å². The third-order valence-electron chi connectivity index (χ3n) is 4.17. The zero-order valence-corrected chi connectivity index (χ0v) is 11.7. The number of rotatable bonds is 2. The van der Waals surface area contributed by atoms with Crippen molar-refractivity contribution in [2.24, 2.45) is 5.92 Å². The van der Waals surface area contributed by atoms with Gasteiger partial charge in [-0.2, -0.15) is 0 Å². The third-order valence-corrected chi connectivity index (χ3v) is 4.17. The molecule has 1 aliphatic carbocycles. The van der Waals surface area contributed by atoms with E-state index in [4.69, 9.17) is 0 Å². The van der Waals surface area contributed by atoms with Crippen molar-refractivity contribution < 1.29 is 10.2 Å². The van der Waals surface area contributed by atoms with Gasteiger partial charge in [-0.15, -0.1) is 12.2 Å². The van der Waals surface area contributed by atoms with Crippen molar-refractivity contribution in [2.45, 2.75) is 38.9 Å². The minimum Gasteiger partial charge on any atom is -0.851 e. The van der Waals surface area contributed by atoms with E-state index in [0.29, 0.717) is 0 Å². The Labute approximate surface area is 109 Å². The number of nitrogens with zero attached hydrogens (tertiary/aromatic N) is 1. The van der Waals surface area contributed by atoms with Gasteiger partial charge in [-0.1, -0.05) is 12.8 Å². The van der Waals surface area contributed by atoms with Gasteiger partial charge < -0.3 is 15.1 Å². The maximum atomic E-state index is 12.0. The summed E-state index contributed by atoms with van der Waals surface area (Å²) < 4.78 is 0. The van der Waals surface area contributed by atoms with Crippen LogP contribution in [0, 0.1) is 19.8 Å². The van der Waals surface area contributed by atoms with Crippen LogP contribution in [0.25, 0.3) is 0 Å². The van der Waals surface area contributed by atoms with E-state index in [1.165, 1.54) is 0 Å². The van der Waals surface area contributed by atoms with E-state index in [1.807, 2.05) is 32.8 Å². The monoisotopic (exact) mass is 247 g/mol. The SMILES string of the molecule is Cc1cc(N(C)C)cc(C)c1C1C([O-])C(C)C1[O-]. The summed E-state index contributed by atoms with van der Waals surface area (Å²) in [5.41, 5.74) is 4.24. The predicted molar refractivity (Wildman–Crippen MR) is 69.7 cm³/mol. The second-order valence-electron chi connectivity index (χ2n) is 5.70. The summed E-state index contributed by atoms with van der Waals surface area (Å²) >= 11 is 0. The Hall–Kier alpha value is -1.06. The Morgan fingerprint density at radius 3 is 1.83 bits per heavy atom. The van der Waals surface area contributed by atoms with Gasteiger partial charge in [0.05, 0.1) is 0 Å². The molecule has 18 heavy (non-hydrogen) atoms. The highest BCUT2D eigenvalue weighted by atomic mass is 16.3. The van der Waals surface area contributed by atoms with Gasteiger partial charge in [0.2, 0.25) is 0 Å². The van der Waals surface area contributed by atoms with Crippen molar-refractivity contribution in [3.63, 3.8) is 0 Å². The Bertz CT molecular complexity index is 423. The van der Waals surface area contributed by atoms with E-state index in [2.05, 4.69) is 12.1 Å². The summed E-state index contributed by atoms with van der Waals surface area (Å²) in [6.45, 7) is 5.76. The van der Waals surface area contributed by atoms with Crippen LogP contribution in [-0.4, -0.2) is 26.3 Å². The maximum absolute atomic E-state index is 12.0. The van der Waals surface area contributed by atoms with Gasteiger partial charge in [0.1, 0.15) is 0 Å². The van der Waals surface area contributed by atoms with Crippen LogP contribution in [0.3, 0.4) is 0 Å². The van der Waals surface area contributed by atoms with Gasteiger partial charge in [-0.05, 0) is 48.6 Å². The van der Waals surface area contributed by atoms with E-state index >= 15 is 0 Å². The van der Waals surface area contributed by atoms with Crippen LogP contribution in [-0.2, 0) is 0 Å². The minimum atomic E-state index is -0.741. The van der Waals surface area contributed by atoms with Gasteiger partial charge >= 0.3 is 0 Å². The lowest BCUT2D eigenvalue weighted by molar-refractivity contribution is -0.547. The quantitative estimate of drug-likeness (QED) is 0.767. The summed E-state index contributed by atoms with van der Waals surface area (Å²) in [7, 11) is 3.98. The lowest BCUT2D eigenvalue weighted by Gasteiger charge is -2.61. The van der Waals surface area contributed by atoms with E-state index in [9.17, 15) is 10.2 Å². The molecular weight excluding hydrogens is 226 g/mol. The number of hydrogen-bond donors (Lipinski definition) is 0. The molecule has 0 amide bonds. The van der Waals surface area contributed by atoms with Crippen LogP contribution in [0.1, 0.15) is 29.5 Å². The van der Waals surface area contributed by atoms with Gasteiger partial charge in [0, 0.05) is 19.8 Å². The van der Waals surface area contributed by atoms with E-state index in [0.717, 1.165) is 22.4 Å². The molecule has 0 N–H and O–H groups in total. The lowest BCUT2D eigenvalue weighted by atomic mass is 9.65. The smallest absolute Gasteiger partial charge is 0.0366 e. The minimum absolute atomic E-state index is 0.248. The molecule has 0 heterocycles. The topological polar surface area (TPSA) is 49.4 Å². The predicted octanol–water partition coefficient (Wildman–Crippen LogP) is 0.561. The van der Waals surface area contributed by atoms with Crippen molar-refractivity contribution in [3.05, 3.63) is 28.8 Å². The number of benzene rings is 1. The van der Waals surface area contributed by atoms with Crippen molar-refractivity contribution in [1.82, 2.24) is 0 Å². The highest BCUT2D eigenvalue weighted by Gasteiger charge is 2.35. The molecule has 0 aliphatic heterocycles. The Morgan fingerprint density at radius 1 is 1.00 bits per heavy atom. The standard InChI is InChI=1S/C15H21NO2/c1-8-6-11(16(4)5)7-9(2)12(8)13-14(17)10(3)15(13)18/h6-7,10,13-15H,1-5H3/q-2. The molecule has 3 nitrogen and oxygen atoms in total. The fourth-order valence-electron chi connectivity index (χ4n) is 2.95. The highest BCUT2D eigenvalue weighted by molar-refractivity contribution is 5.55. The molecule has 1 aromatic rings. The Kier molecular flexibility index (Phi) is 3.39. The van der Waals surface area contributed by atoms with E-state index in [1.54, 1.807) is 6.92 Å². The first-order chi connectivity index (χ1) is 8.34. The zero-order valence-electron chi connectivity index (χ0n) is 11.7. The fourth-order valence-corrected chi connectivity index (χ4v) is 2.95. The molecule has 1 fully saturated rings. The lowest BCUT2D eigenvalue weighted by Crippen LogP contribution is -2.64. The average Bonchev–Trinajstić information content (AvgIpc) is 2.32. The van der Waals surface area contributed by atoms with Crippen molar-refractivity contribution >= 4 is 5.69 Å². The molecule has 3 heteroatoms. The van der Waals surface area contributed by atoms with Crippen molar-refractivity contribution in [3.8, 4) is 0 Å². The second-order valence-corrected chi connectivity index (χ2v) is 5.70. The third kappa shape index (κ3) is 1.91. The zero-order chi connectivity index (χ0) is 13.6. The summed E-state index contributed by atoms with van der Waals surface area (Å²) in [5.74, 6) is -0.599. The Balaban J connectivity index is 2.41. The van der Waals surface area contributed by atoms with Crippen LogP contribution < -0.4 is 15.1 Å². The van der Waals surface area contributed by atoms with Gasteiger partial charge in [0.15, 0.2) is 0 Å². The van der Waals surface area contributed by atoms with Crippen LogP contribution in [0.15, 0.2) is 12.1 Å². The molecular formula is C15H21NO2-2. The largest absolute Gasteiger partial charge is 0.851 e. The molecule has 0 radical (unpaired) electrons. The number of hydrogen-bond acceptors (Lipinski definition) is 3. The molecule has 0 spiro atoms. The molecule has 2 rings (SSSR count). The molecule has 2 atom stereocenters. The first-order valence-corrected chi connectivity index (χ1v) is 6.44. The first kappa shape index (κ1) is 13.4. The molecule has 0 bridgehead atoms. The van der Waals surface area contributed by atoms with Crippen LogP contribution in [0.2, 0.25) is 0 Å². The van der Waals surface area contributed by atoms with Crippen LogP contribution in [0.4, 0.5) is 5.69 Å². The van der Waals surface area contributed by atoms with E-state index in [-0.39, 0.29) is 11.8 Å². The summed E-state index contributed by atoms with van der Waals surface area (Å²) in [6.07, 6.45) is -1.48. The molecule has 2 unspecified atom stereocenters. The molecule has 1 aromatic carbocycles. The van der Waals surface area contributed by atoms with Crippen molar-refractivity contribution in [2.75, 3.05) is 19.0 Å².